The van der Waals surface area contributed by atoms with Crippen LogP contribution in [0.3, 0.4) is 0 Å². The maximum Gasteiger partial charge on any atom is 0.295 e. The summed E-state index contributed by atoms with van der Waals surface area (Å²) in [5.74, 6) is -0.860. The van der Waals surface area contributed by atoms with Gasteiger partial charge in [0.15, 0.2) is 11.2 Å². The smallest absolute Gasteiger partial charge is 0.295 e. The molecule has 0 aliphatic carbocycles. The highest BCUT2D eigenvalue weighted by Gasteiger charge is 2.44. The van der Waals surface area contributed by atoms with Crippen molar-refractivity contribution in [3.8, 4) is 0 Å². The molecule has 0 fully saturated rings. The normalized spacial score (nSPS) is 14.9. The number of hydrogen-bond donors (Lipinski definition) is 0. The zero-order chi connectivity index (χ0) is 24.1. The highest BCUT2D eigenvalue weighted by molar-refractivity contribution is 6.31. The molecule has 1 amide bonds. The minimum absolute atomic E-state index is 0.0657. The number of benzene rings is 3. The first kappa shape index (κ1) is 21.5. The third-order valence-electron chi connectivity index (χ3n) is 5.78. The van der Waals surface area contributed by atoms with E-state index in [2.05, 4.69) is 0 Å². The Labute approximate surface area is 197 Å². The van der Waals surface area contributed by atoms with Gasteiger partial charge in [-0.1, -0.05) is 23.7 Å². The molecule has 3 aromatic carbocycles. The maximum absolute atomic E-state index is 13.6. The molecule has 0 radical (unpaired) electrons. The number of amides is 1. The van der Waals surface area contributed by atoms with Crippen molar-refractivity contribution < 1.29 is 18.9 Å². The molecule has 0 spiro atoms. The lowest BCUT2D eigenvalue weighted by atomic mass is 9.97. The van der Waals surface area contributed by atoms with E-state index in [0.717, 1.165) is 0 Å². The van der Waals surface area contributed by atoms with E-state index >= 15 is 0 Å². The maximum atomic E-state index is 13.6. The second kappa shape index (κ2) is 7.93. The van der Waals surface area contributed by atoms with Gasteiger partial charge in [0.1, 0.15) is 5.58 Å². The molecule has 1 aliphatic heterocycles. The number of carbonyl (C=O) groups is 2. The van der Waals surface area contributed by atoms with Crippen molar-refractivity contribution in [1.82, 2.24) is 0 Å². The van der Waals surface area contributed by atoms with E-state index in [0.29, 0.717) is 21.8 Å². The van der Waals surface area contributed by atoms with Gasteiger partial charge in [0.05, 0.1) is 21.9 Å². The topological polar surface area (TPSA) is 111 Å². The van der Waals surface area contributed by atoms with Crippen LogP contribution in [0.2, 0.25) is 5.02 Å². The summed E-state index contributed by atoms with van der Waals surface area (Å²) in [5, 5.41) is 11.9. The Morgan fingerprint density at radius 3 is 2.47 bits per heavy atom. The van der Waals surface area contributed by atoms with Crippen molar-refractivity contribution in [1.29, 1.82) is 0 Å². The van der Waals surface area contributed by atoms with E-state index in [4.69, 9.17) is 16.0 Å². The van der Waals surface area contributed by atoms with Crippen LogP contribution < -0.4 is 10.3 Å². The standard InChI is InChI=1S/C25H15ClN2O6/c1-13(29)14-5-8-17(9-6-14)27-22(15-3-2-4-18(11-15)28(32)33)21-23(30)19-12-16(26)7-10-20(19)34-24(21)25(27)31/h2-12,22H,1H3. The monoisotopic (exact) mass is 474 g/mol. The van der Waals surface area contributed by atoms with Crippen LogP contribution in [0.15, 0.2) is 75.9 Å². The van der Waals surface area contributed by atoms with E-state index < -0.39 is 22.3 Å². The summed E-state index contributed by atoms with van der Waals surface area (Å²) in [6.45, 7) is 1.43. The Kier molecular flexibility index (Phi) is 5.02. The van der Waals surface area contributed by atoms with Gasteiger partial charge in [-0.25, -0.2) is 0 Å². The first-order valence-electron chi connectivity index (χ1n) is 10.2. The van der Waals surface area contributed by atoms with Gasteiger partial charge in [0.25, 0.3) is 11.6 Å². The van der Waals surface area contributed by atoms with Gasteiger partial charge in [0.2, 0.25) is 5.76 Å². The van der Waals surface area contributed by atoms with Crippen molar-refractivity contribution in [3.05, 3.63) is 115 Å². The third-order valence-corrected chi connectivity index (χ3v) is 6.02. The number of ketones is 1. The van der Waals surface area contributed by atoms with Crippen LogP contribution >= 0.6 is 11.6 Å². The highest BCUT2D eigenvalue weighted by atomic mass is 35.5. The quantitative estimate of drug-likeness (QED) is 0.225. The highest BCUT2D eigenvalue weighted by Crippen LogP contribution is 2.42. The summed E-state index contributed by atoms with van der Waals surface area (Å²) in [4.78, 5) is 51.0. The molecule has 4 aromatic rings. The fraction of sp³-hybridized carbons (Fsp3) is 0.0800. The lowest BCUT2D eigenvalue weighted by molar-refractivity contribution is -0.384. The number of nitrogens with zero attached hydrogens (tertiary/aromatic N) is 2. The molecular formula is C25H15ClN2O6. The molecule has 0 saturated heterocycles. The predicted molar refractivity (Wildman–Crippen MR) is 126 cm³/mol. The number of nitro groups is 1. The van der Waals surface area contributed by atoms with Gasteiger partial charge < -0.3 is 4.42 Å². The zero-order valence-electron chi connectivity index (χ0n) is 17.7. The molecule has 2 heterocycles. The number of carbonyl (C=O) groups excluding carboxylic acids is 2. The van der Waals surface area contributed by atoms with Crippen molar-refractivity contribution >= 4 is 45.6 Å². The summed E-state index contributed by atoms with van der Waals surface area (Å²) in [6, 6.07) is 15.6. The van der Waals surface area contributed by atoms with Crippen molar-refractivity contribution in [2.45, 2.75) is 13.0 Å². The SMILES string of the molecule is CC(=O)c1ccc(N2C(=O)c3oc4ccc(Cl)cc4c(=O)c3C2c2cccc([N+](=O)[O-])c2)cc1. The second-order valence-corrected chi connectivity index (χ2v) is 8.28. The number of halogens is 1. The summed E-state index contributed by atoms with van der Waals surface area (Å²) in [5.41, 5.74) is 0.855. The van der Waals surface area contributed by atoms with Crippen LogP contribution in [0.4, 0.5) is 11.4 Å². The van der Waals surface area contributed by atoms with Crippen molar-refractivity contribution in [3.63, 3.8) is 0 Å². The van der Waals surface area contributed by atoms with Crippen LogP contribution in [0.5, 0.6) is 0 Å². The first-order valence-corrected chi connectivity index (χ1v) is 10.6. The van der Waals surface area contributed by atoms with E-state index in [9.17, 15) is 24.5 Å². The molecule has 0 saturated carbocycles. The minimum Gasteiger partial charge on any atom is -0.450 e. The Morgan fingerprint density at radius 2 is 1.79 bits per heavy atom. The van der Waals surface area contributed by atoms with Gasteiger partial charge in [-0.3, -0.25) is 29.4 Å². The van der Waals surface area contributed by atoms with E-state index in [1.54, 1.807) is 36.4 Å². The molecule has 0 bridgehead atoms. The van der Waals surface area contributed by atoms with Gasteiger partial charge in [-0.2, -0.15) is 0 Å². The Morgan fingerprint density at radius 1 is 1.06 bits per heavy atom. The molecule has 5 rings (SSSR count). The fourth-order valence-electron chi connectivity index (χ4n) is 4.19. The Bertz CT molecular complexity index is 1580. The minimum atomic E-state index is -0.981. The van der Waals surface area contributed by atoms with Crippen molar-refractivity contribution in [2.75, 3.05) is 4.90 Å². The van der Waals surface area contributed by atoms with Gasteiger partial charge in [-0.05, 0) is 55.0 Å². The van der Waals surface area contributed by atoms with Crippen LogP contribution in [-0.2, 0) is 0 Å². The second-order valence-electron chi connectivity index (χ2n) is 7.85. The lowest BCUT2D eigenvalue weighted by Crippen LogP contribution is -2.29. The molecule has 1 aromatic heterocycles. The number of non-ortho nitro benzene ring substituents is 1. The lowest BCUT2D eigenvalue weighted by Gasteiger charge is -2.25. The molecule has 9 heteroatoms. The van der Waals surface area contributed by atoms with E-state index in [-0.39, 0.29) is 33.8 Å². The average molecular weight is 475 g/mol. The van der Waals surface area contributed by atoms with Gasteiger partial charge >= 0.3 is 0 Å². The van der Waals surface area contributed by atoms with E-state index in [1.165, 1.54) is 42.2 Å². The Balaban J connectivity index is 1.79. The number of hydrogen-bond acceptors (Lipinski definition) is 6. The van der Waals surface area contributed by atoms with Crippen LogP contribution in [0, 0.1) is 10.1 Å². The number of nitro benzene ring substituents is 1. The van der Waals surface area contributed by atoms with Crippen LogP contribution in [0.1, 0.15) is 45.0 Å². The predicted octanol–water partition coefficient (Wildman–Crippen LogP) is 5.31. The average Bonchev–Trinajstić information content (AvgIpc) is 3.12. The molecule has 34 heavy (non-hydrogen) atoms. The molecule has 0 N–H and O–H groups in total. The largest absolute Gasteiger partial charge is 0.450 e. The molecule has 8 nitrogen and oxygen atoms in total. The summed E-state index contributed by atoms with van der Waals surface area (Å²) in [6.07, 6.45) is 0. The van der Waals surface area contributed by atoms with Gasteiger partial charge in [0, 0.05) is 28.4 Å². The molecule has 1 aliphatic rings. The number of rotatable bonds is 4. The van der Waals surface area contributed by atoms with E-state index in [1.807, 2.05) is 0 Å². The van der Waals surface area contributed by atoms with Crippen LogP contribution in [-0.4, -0.2) is 16.6 Å². The van der Waals surface area contributed by atoms with Crippen LogP contribution in [0.25, 0.3) is 11.0 Å². The first-order chi connectivity index (χ1) is 16.3. The molecular weight excluding hydrogens is 460 g/mol. The molecule has 1 unspecified atom stereocenters. The zero-order valence-corrected chi connectivity index (χ0v) is 18.4. The Hall–Kier alpha value is -4.30. The summed E-state index contributed by atoms with van der Waals surface area (Å²) >= 11 is 6.08. The summed E-state index contributed by atoms with van der Waals surface area (Å²) in [7, 11) is 0. The molecule has 1 atom stereocenters. The number of fused-ring (bicyclic) bond motifs is 2. The summed E-state index contributed by atoms with van der Waals surface area (Å²) < 4.78 is 5.86. The van der Waals surface area contributed by atoms with Gasteiger partial charge in [-0.15, -0.1) is 0 Å². The van der Waals surface area contributed by atoms with Crippen molar-refractivity contribution in [2.24, 2.45) is 0 Å². The third kappa shape index (κ3) is 3.36. The fourth-order valence-corrected chi connectivity index (χ4v) is 4.36. The molecule has 168 valence electrons. The number of Topliss-reactive ketones (excluding diaryl/α,β-unsaturated/α-hetero) is 1. The number of anilines is 1.